The normalized spacial score (nSPS) is 12.3. The first kappa shape index (κ1) is 11.7. The van der Waals surface area contributed by atoms with Gasteiger partial charge in [-0.1, -0.05) is 18.2 Å². The van der Waals surface area contributed by atoms with Gasteiger partial charge < -0.3 is 9.84 Å². The van der Waals surface area contributed by atoms with Gasteiger partial charge in [-0.05, 0) is 37.5 Å². The molecule has 1 unspecified atom stereocenters. The van der Waals surface area contributed by atoms with E-state index in [0.717, 1.165) is 11.1 Å². The second-order valence-corrected chi connectivity index (χ2v) is 3.50. The van der Waals surface area contributed by atoms with E-state index in [1.807, 2.05) is 19.9 Å². The molecule has 0 saturated carbocycles. The van der Waals surface area contributed by atoms with Gasteiger partial charge in [0.05, 0.1) is 6.61 Å². The summed E-state index contributed by atoms with van der Waals surface area (Å²) in [5.74, 6) is -0.597. The van der Waals surface area contributed by atoms with E-state index >= 15 is 0 Å². The van der Waals surface area contributed by atoms with Crippen LogP contribution in [-0.4, -0.2) is 17.7 Å². The van der Waals surface area contributed by atoms with Crippen LogP contribution in [-0.2, 0) is 9.53 Å². The Kier molecular flexibility index (Phi) is 3.86. The fraction of sp³-hybridized carbons (Fsp3) is 0.417. The van der Waals surface area contributed by atoms with Gasteiger partial charge in [0.1, 0.15) is 0 Å². The molecule has 0 saturated heterocycles. The first-order chi connectivity index (χ1) is 7.06. The minimum Gasteiger partial charge on any atom is -0.464 e. The lowest BCUT2D eigenvalue weighted by Gasteiger charge is -2.11. The standard InChI is InChI=1S/C12H16O3/c1-4-15-12(14)11(13)10-6-5-8(2)9(3)7-10/h5-7,11,13H,4H2,1-3H3. The number of aliphatic hydroxyl groups is 1. The van der Waals surface area contributed by atoms with Crippen molar-refractivity contribution in [3.63, 3.8) is 0 Å². The molecule has 15 heavy (non-hydrogen) atoms. The molecule has 0 radical (unpaired) electrons. The number of rotatable bonds is 3. The van der Waals surface area contributed by atoms with Gasteiger partial charge in [-0.2, -0.15) is 0 Å². The summed E-state index contributed by atoms with van der Waals surface area (Å²) >= 11 is 0. The van der Waals surface area contributed by atoms with E-state index in [0.29, 0.717) is 5.56 Å². The second-order valence-electron chi connectivity index (χ2n) is 3.50. The number of esters is 1. The molecule has 3 heteroatoms. The summed E-state index contributed by atoms with van der Waals surface area (Å²) in [5, 5.41) is 9.66. The first-order valence-corrected chi connectivity index (χ1v) is 4.98. The number of hydrogen-bond acceptors (Lipinski definition) is 3. The van der Waals surface area contributed by atoms with Crippen molar-refractivity contribution in [1.82, 2.24) is 0 Å². The van der Waals surface area contributed by atoms with Crippen molar-refractivity contribution in [3.05, 3.63) is 34.9 Å². The van der Waals surface area contributed by atoms with Crippen LogP contribution in [0.15, 0.2) is 18.2 Å². The Morgan fingerprint density at radius 2 is 2.07 bits per heavy atom. The molecule has 1 aromatic carbocycles. The highest BCUT2D eigenvalue weighted by atomic mass is 16.5. The molecule has 0 aliphatic rings. The number of carbonyl (C=O) groups is 1. The van der Waals surface area contributed by atoms with Crippen LogP contribution in [0, 0.1) is 13.8 Å². The summed E-state index contributed by atoms with van der Waals surface area (Å²) in [5.41, 5.74) is 2.77. The molecule has 1 N–H and O–H groups in total. The smallest absolute Gasteiger partial charge is 0.339 e. The maximum atomic E-state index is 11.3. The lowest BCUT2D eigenvalue weighted by molar-refractivity contribution is -0.153. The van der Waals surface area contributed by atoms with Crippen molar-refractivity contribution in [2.24, 2.45) is 0 Å². The maximum absolute atomic E-state index is 11.3. The number of aliphatic hydroxyl groups excluding tert-OH is 1. The van der Waals surface area contributed by atoms with E-state index < -0.39 is 12.1 Å². The summed E-state index contributed by atoms with van der Waals surface area (Å²) in [7, 11) is 0. The Morgan fingerprint density at radius 3 is 2.60 bits per heavy atom. The highest BCUT2D eigenvalue weighted by Gasteiger charge is 2.18. The zero-order valence-corrected chi connectivity index (χ0v) is 9.28. The van der Waals surface area contributed by atoms with Crippen LogP contribution in [0.25, 0.3) is 0 Å². The Balaban J connectivity index is 2.86. The number of aryl methyl sites for hydroxylation is 2. The SMILES string of the molecule is CCOC(=O)C(O)c1ccc(C)c(C)c1. The third-order valence-corrected chi connectivity index (χ3v) is 2.36. The largest absolute Gasteiger partial charge is 0.464 e. The van der Waals surface area contributed by atoms with Gasteiger partial charge in [-0.15, -0.1) is 0 Å². The van der Waals surface area contributed by atoms with Crippen LogP contribution < -0.4 is 0 Å². The van der Waals surface area contributed by atoms with Crippen molar-refractivity contribution in [2.75, 3.05) is 6.61 Å². The van der Waals surface area contributed by atoms with E-state index in [1.165, 1.54) is 0 Å². The third-order valence-electron chi connectivity index (χ3n) is 2.36. The maximum Gasteiger partial charge on any atom is 0.339 e. The Hall–Kier alpha value is -1.35. The highest BCUT2D eigenvalue weighted by molar-refractivity contribution is 5.76. The molecule has 1 aromatic rings. The summed E-state index contributed by atoms with van der Waals surface area (Å²) in [6.07, 6.45) is -1.18. The fourth-order valence-corrected chi connectivity index (χ4v) is 1.29. The molecule has 82 valence electrons. The fourth-order valence-electron chi connectivity index (χ4n) is 1.29. The summed E-state index contributed by atoms with van der Waals surface area (Å²) in [4.78, 5) is 11.3. The minimum absolute atomic E-state index is 0.279. The molecule has 0 bridgehead atoms. The van der Waals surface area contributed by atoms with Crippen molar-refractivity contribution >= 4 is 5.97 Å². The van der Waals surface area contributed by atoms with Crippen LogP contribution >= 0.6 is 0 Å². The molecular weight excluding hydrogens is 192 g/mol. The lowest BCUT2D eigenvalue weighted by Crippen LogP contribution is -2.15. The quantitative estimate of drug-likeness (QED) is 0.772. The molecule has 1 atom stereocenters. The Morgan fingerprint density at radius 1 is 1.40 bits per heavy atom. The molecule has 0 heterocycles. The molecular formula is C12H16O3. The summed E-state index contributed by atoms with van der Waals surface area (Å²) in [6, 6.07) is 5.42. The summed E-state index contributed by atoms with van der Waals surface area (Å²) in [6.45, 7) is 5.91. The topological polar surface area (TPSA) is 46.5 Å². The van der Waals surface area contributed by atoms with E-state index in [4.69, 9.17) is 4.74 Å². The zero-order valence-electron chi connectivity index (χ0n) is 9.28. The van der Waals surface area contributed by atoms with Crippen molar-refractivity contribution in [2.45, 2.75) is 26.9 Å². The number of benzene rings is 1. The first-order valence-electron chi connectivity index (χ1n) is 4.98. The Labute approximate surface area is 89.7 Å². The average molecular weight is 208 g/mol. The second kappa shape index (κ2) is 4.94. The third kappa shape index (κ3) is 2.80. The number of carbonyl (C=O) groups excluding carboxylic acids is 1. The van der Waals surface area contributed by atoms with Gasteiger partial charge in [-0.25, -0.2) is 4.79 Å². The van der Waals surface area contributed by atoms with Crippen molar-refractivity contribution < 1.29 is 14.6 Å². The lowest BCUT2D eigenvalue weighted by atomic mass is 10.0. The number of ether oxygens (including phenoxy) is 1. The van der Waals surface area contributed by atoms with E-state index in [-0.39, 0.29) is 6.61 Å². The molecule has 1 rings (SSSR count). The monoisotopic (exact) mass is 208 g/mol. The van der Waals surface area contributed by atoms with Crippen molar-refractivity contribution in [3.8, 4) is 0 Å². The minimum atomic E-state index is -1.18. The molecule has 0 spiro atoms. The summed E-state index contributed by atoms with van der Waals surface area (Å²) < 4.78 is 4.74. The molecule has 0 aliphatic heterocycles. The van der Waals surface area contributed by atoms with Gasteiger partial charge in [0.25, 0.3) is 0 Å². The predicted molar refractivity (Wildman–Crippen MR) is 57.5 cm³/mol. The van der Waals surface area contributed by atoms with Gasteiger partial charge in [0.2, 0.25) is 0 Å². The highest BCUT2D eigenvalue weighted by Crippen LogP contribution is 2.18. The predicted octanol–water partition coefficient (Wildman–Crippen LogP) is 1.90. The van der Waals surface area contributed by atoms with E-state index in [1.54, 1.807) is 19.1 Å². The van der Waals surface area contributed by atoms with Crippen LogP contribution in [0.1, 0.15) is 29.7 Å². The molecule has 0 amide bonds. The molecule has 0 aliphatic carbocycles. The molecule has 3 nitrogen and oxygen atoms in total. The average Bonchev–Trinajstić information content (AvgIpc) is 2.21. The van der Waals surface area contributed by atoms with Crippen LogP contribution in [0.5, 0.6) is 0 Å². The zero-order chi connectivity index (χ0) is 11.4. The van der Waals surface area contributed by atoms with Gasteiger partial charge in [0, 0.05) is 0 Å². The van der Waals surface area contributed by atoms with Crippen LogP contribution in [0.2, 0.25) is 0 Å². The molecule has 0 aromatic heterocycles. The van der Waals surface area contributed by atoms with Gasteiger partial charge >= 0.3 is 5.97 Å². The van der Waals surface area contributed by atoms with Crippen LogP contribution in [0.4, 0.5) is 0 Å². The molecule has 0 fully saturated rings. The Bertz CT molecular complexity index is 358. The van der Waals surface area contributed by atoms with Gasteiger partial charge in [-0.3, -0.25) is 0 Å². The van der Waals surface area contributed by atoms with Gasteiger partial charge in [0.15, 0.2) is 6.10 Å². The number of hydrogen-bond donors (Lipinski definition) is 1. The van der Waals surface area contributed by atoms with Crippen LogP contribution in [0.3, 0.4) is 0 Å². The van der Waals surface area contributed by atoms with Crippen molar-refractivity contribution in [1.29, 1.82) is 0 Å². The van der Waals surface area contributed by atoms with E-state index in [9.17, 15) is 9.90 Å². The van der Waals surface area contributed by atoms with E-state index in [2.05, 4.69) is 0 Å².